The van der Waals surface area contributed by atoms with Crippen LogP contribution in [0.15, 0.2) is 53.8 Å². The Morgan fingerprint density at radius 1 is 1.10 bits per heavy atom. The molecule has 0 bridgehead atoms. The first-order chi connectivity index (χ1) is 14.2. The number of pyridine rings is 2. The molecule has 6 nitrogen and oxygen atoms in total. The smallest absolute Gasteiger partial charge is 0.261 e. The third-order valence-corrected chi connectivity index (χ3v) is 5.60. The van der Waals surface area contributed by atoms with Crippen LogP contribution in [0, 0.1) is 6.92 Å². The number of ether oxygens (including phenoxy) is 1. The molecule has 146 valence electrons. The van der Waals surface area contributed by atoms with E-state index in [0.717, 1.165) is 47.2 Å². The maximum Gasteiger partial charge on any atom is 0.261 e. The minimum absolute atomic E-state index is 0.0107. The second-order valence-electron chi connectivity index (χ2n) is 7.64. The molecule has 0 radical (unpaired) electrons. The van der Waals surface area contributed by atoms with Crippen molar-refractivity contribution >= 4 is 21.8 Å². The summed E-state index contributed by atoms with van der Waals surface area (Å²) in [4.78, 5) is 26.9. The molecule has 1 aliphatic rings. The van der Waals surface area contributed by atoms with E-state index in [4.69, 9.17) is 4.74 Å². The lowest BCUT2D eigenvalue weighted by atomic mass is 9.99. The molecule has 0 spiro atoms. The lowest BCUT2D eigenvalue weighted by Crippen LogP contribution is -2.30. The van der Waals surface area contributed by atoms with Crippen LogP contribution in [0.25, 0.3) is 21.8 Å². The van der Waals surface area contributed by atoms with Gasteiger partial charge in [0.2, 0.25) is 0 Å². The molecule has 1 aliphatic heterocycles. The van der Waals surface area contributed by atoms with E-state index in [1.54, 1.807) is 17.1 Å². The van der Waals surface area contributed by atoms with Crippen molar-refractivity contribution in [3.05, 3.63) is 76.2 Å². The molecular weight excluding hydrogens is 364 g/mol. The fraction of sp³-hybridized carbons (Fsp3) is 0.304. The Bertz CT molecular complexity index is 1260. The molecule has 0 N–H and O–H groups in total. The summed E-state index contributed by atoms with van der Waals surface area (Å²) in [6.07, 6.45) is 7.86. The van der Waals surface area contributed by atoms with Crippen LogP contribution in [-0.2, 0) is 11.2 Å². The number of benzene rings is 1. The summed E-state index contributed by atoms with van der Waals surface area (Å²) in [5.74, 6) is 0. The summed E-state index contributed by atoms with van der Waals surface area (Å²) in [5.41, 5.74) is 4.73. The first-order valence-electron chi connectivity index (χ1n) is 9.97. The monoisotopic (exact) mass is 386 g/mol. The van der Waals surface area contributed by atoms with Crippen molar-refractivity contribution in [3.8, 4) is 0 Å². The van der Waals surface area contributed by atoms with Crippen molar-refractivity contribution in [3.63, 3.8) is 0 Å². The molecule has 0 saturated carbocycles. The van der Waals surface area contributed by atoms with Crippen LogP contribution >= 0.6 is 0 Å². The molecule has 1 aromatic carbocycles. The van der Waals surface area contributed by atoms with Gasteiger partial charge in [-0.3, -0.25) is 19.3 Å². The molecule has 0 amide bonds. The summed E-state index contributed by atoms with van der Waals surface area (Å²) >= 11 is 0. The van der Waals surface area contributed by atoms with E-state index in [2.05, 4.69) is 21.0 Å². The first-order valence-corrected chi connectivity index (χ1v) is 9.97. The van der Waals surface area contributed by atoms with E-state index in [1.165, 1.54) is 0 Å². The first kappa shape index (κ1) is 17.9. The fourth-order valence-corrected chi connectivity index (χ4v) is 4.19. The van der Waals surface area contributed by atoms with Crippen LogP contribution < -0.4 is 5.56 Å². The fourth-order valence-electron chi connectivity index (χ4n) is 4.19. The molecule has 0 unspecified atom stereocenters. The topological polar surface area (TPSA) is 69.9 Å². The second-order valence-corrected chi connectivity index (χ2v) is 7.64. The average molecular weight is 386 g/mol. The number of aromatic nitrogens is 4. The normalized spacial score (nSPS) is 17.1. The van der Waals surface area contributed by atoms with Crippen LogP contribution in [0.4, 0.5) is 0 Å². The largest absolute Gasteiger partial charge is 0.379 e. The highest BCUT2D eigenvalue weighted by Crippen LogP contribution is 2.27. The minimum Gasteiger partial charge on any atom is -0.379 e. The van der Waals surface area contributed by atoms with E-state index in [9.17, 15) is 4.79 Å². The number of nitrogens with zero attached hydrogens (tertiary/aromatic N) is 4. The second kappa shape index (κ2) is 7.37. The van der Waals surface area contributed by atoms with Gasteiger partial charge >= 0.3 is 0 Å². The maximum absolute atomic E-state index is 13.4. The third-order valence-electron chi connectivity index (χ3n) is 5.60. The molecule has 29 heavy (non-hydrogen) atoms. The quantitative estimate of drug-likeness (QED) is 0.503. The van der Waals surface area contributed by atoms with Gasteiger partial charge < -0.3 is 4.74 Å². The van der Waals surface area contributed by atoms with Gasteiger partial charge in [0.15, 0.2) is 0 Å². The van der Waals surface area contributed by atoms with Crippen molar-refractivity contribution in [2.45, 2.75) is 32.2 Å². The van der Waals surface area contributed by atoms with Gasteiger partial charge in [-0.05, 0) is 67.6 Å². The zero-order chi connectivity index (χ0) is 19.8. The summed E-state index contributed by atoms with van der Waals surface area (Å²) in [7, 11) is 0. The Balaban J connectivity index is 1.71. The molecule has 6 heteroatoms. The van der Waals surface area contributed by atoms with E-state index < -0.39 is 0 Å². The third kappa shape index (κ3) is 3.29. The Morgan fingerprint density at radius 3 is 2.86 bits per heavy atom. The average Bonchev–Trinajstić information content (AvgIpc) is 2.75. The molecule has 3 aromatic heterocycles. The van der Waals surface area contributed by atoms with Gasteiger partial charge in [0.25, 0.3) is 5.56 Å². The lowest BCUT2D eigenvalue weighted by Gasteiger charge is -2.24. The number of rotatable bonds is 3. The molecule has 5 rings (SSSR count). The van der Waals surface area contributed by atoms with Gasteiger partial charge in [0.1, 0.15) is 0 Å². The molecule has 0 aliphatic carbocycles. The van der Waals surface area contributed by atoms with Crippen molar-refractivity contribution < 1.29 is 4.74 Å². The zero-order valence-electron chi connectivity index (χ0n) is 16.3. The highest BCUT2D eigenvalue weighted by atomic mass is 16.5. The number of fused-ring (bicyclic) bond motifs is 3. The lowest BCUT2D eigenvalue weighted by molar-refractivity contribution is 0.0578. The zero-order valence-corrected chi connectivity index (χ0v) is 16.3. The van der Waals surface area contributed by atoms with Crippen LogP contribution in [0.1, 0.15) is 35.7 Å². The number of hydrogen-bond acceptors (Lipinski definition) is 5. The Kier molecular flexibility index (Phi) is 4.56. The standard InChI is InChI=1S/C23H22N4O2/c1-15-10-16(6-8-24-15)11-17-12-20-22(19-5-2-7-25-21(17)19)26-14-27(23(20)28)18-4-3-9-29-13-18/h2,5-8,10,12,14,18H,3-4,9,11,13H2,1H3/t18-/m1/s1. The van der Waals surface area contributed by atoms with Crippen molar-refractivity contribution in [2.24, 2.45) is 0 Å². The van der Waals surface area contributed by atoms with Crippen LogP contribution in [0.3, 0.4) is 0 Å². The molecule has 4 aromatic rings. The highest BCUT2D eigenvalue weighted by Gasteiger charge is 2.20. The van der Waals surface area contributed by atoms with E-state index in [1.807, 2.05) is 37.4 Å². The van der Waals surface area contributed by atoms with Gasteiger partial charge in [-0.25, -0.2) is 4.98 Å². The van der Waals surface area contributed by atoms with E-state index >= 15 is 0 Å². The van der Waals surface area contributed by atoms with Crippen LogP contribution in [0.2, 0.25) is 0 Å². The predicted octanol–water partition coefficient (Wildman–Crippen LogP) is 3.59. The van der Waals surface area contributed by atoms with Crippen molar-refractivity contribution in [1.29, 1.82) is 0 Å². The summed E-state index contributed by atoms with van der Waals surface area (Å²) in [5, 5.41) is 1.55. The summed E-state index contributed by atoms with van der Waals surface area (Å²) in [6.45, 7) is 3.30. The van der Waals surface area contributed by atoms with E-state index in [-0.39, 0.29) is 11.6 Å². The molecule has 1 fully saturated rings. The minimum atomic E-state index is -0.0107. The van der Waals surface area contributed by atoms with Gasteiger partial charge in [0.05, 0.1) is 35.4 Å². The van der Waals surface area contributed by atoms with Gasteiger partial charge in [0, 0.05) is 30.1 Å². The molecular formula is C23H22N4O2. The Labute approximate surface area is 168 Å². The summed E-state index contributed by atoms with van der Waals surface area (Å²) < 4.78 is 7.32. The maximum atomic E-state index is 13.4. The SMILES string of the molecule is Cc1cc(Cc2cc3c(=O)n([C@@H]4CCCOC4)cnc3c3cccnc23)ccn1. The molecule has 1 saturated heterocycles. The Hall–Kier alpha value is -3.12. The van der Waals surface area contributed by atoms with Gasteiger partial charge in [-0.1, -0.05) is 0 Å². The van der Waals surface area contributed by atoms with Crippen LogP contribution in [-0.4, -0.2) is 32.7 Å². The van der Waals surface area contributed by atoms with Crippen molar-refractivity contribution in [2.75, 3.05) is 13.2 Å². The van der Waals surface area contributed by atoms with Crippen molar-refractivity contribution in [1.82, 2.24) is 19.5 Å². The predicted molar refractivity (Wildman–Crippen MR) is 112 cm³/mol. The van der Waals surface area contributed by atoms with E-state index in [0.29, 0.717) is 23.9 Å². The highest BCUT2D eigenvalue weighted by molar-refractivity contribution is 6.04. The van der Waals surface area contributed by atoms with Crippen LogP contribution in [0.5, 0.6) is 0 Å². The number of hydrogen-bond donors (Lipinski definition) is 0. The number of aryl methyl sites for hydroxylation is 1. The molecule has 1 atom stereocenters. The summed E-state index contributed by atoms with van der Waals surface area (Å²) in [6, 6.07) is 9.98. The van der Waals surface area contributed by atoms with Gasteiger partial charge in [-0.2, -0.15) is 0 Å². The Morgan fingerprint density at radius 2 is 2.03 bits per heavy atom. The molecule has 4 heterocycles. The van der Waals surface area contributed by atoms with Gasteiger partial charge in [-0.15, -0.1) is 0 Å².